The van der Waals surface area contributed by atoms with Crippen molar-refractivity contribution in [2.75, 3.05) is 19.4 Å². The van der Waals surface area contributed by atoms with Crippen molar-refractivity contribution in [3.05, 3.63) is 40.4 Å². The number of benzene rings is 1. The van der Waals surface area contributed by atoms with Gasteiger partial charge in [0.2, 0.25) is 5.13 Å². The lowest BCUT2D eigenvalue weighted by Crippen LogP contribution is -2.17. The van der Waals surface area contributed by atoms with Gasteiger partial charge in [0.1, 0.15) is 5.01 Å². The third-order valence-electron chi connectivity index (χ3n) is 2.62. The standard InChI is InChI=1S/C13H18N4S/c1-10-5-4-6-11(7-10)8-17(3)9-12-15-16-13(14-2)18-12/h4-7H,8-9H2,1-3H3,(H,14,16). The van der Waals surface area contributed by atoms with Crippen LogP contribution in [0, 0.1) is 6.92 Å². The summed E-state index contributed by atoms with van der Waals surface area (Å²) in [5, 5.41) is 13.1. The van der Waals surface area contributed by atoms with Crippen molar-refractivity contribution in [1.29, 1.82) is 0 Å². The largest absolute Gasteiger partial charge is 0.363 e. The van der Waals surface area contributed by atoms with E-state index in [-0.39, 0.29) is 0 Å². The molecule has 1 heterocycles. The highest BCUT2D eigenvalue weighted by Crippen LogP contribution is 2.16. The van der Waals surface area contributed by atoms with Gasteiger partial charge in [-0.3, -0.25) is 4.90 Å². The Morgan fingerprint density at radius 3 is 2.78 bits per heavy atom. The predicted molar refractivity (Wildman–Crippen MR) is 75.8 cm³/mol. The minimum atomic E-state index is 0.827. The molecule has 0 aliphatic rings. The summed E-state index contributed by atoms with van der Waals surface area (Å²) in [6, 6.07) is 8.59. The van der Waals surface area contributed by atoms with E-state index in [1.165, 1.54) is 11.1 Å². The van der Waals surface area contributed by atoms with Gasteiger partial charge in [-0.15, -0.1) is 10.2 Å². The summed E-state index contributed by atoms with van der Waals surface area (Å²) in [5.41, 5.74) is 2.63. The van der Waals surface area contributed by atoms with Crippen LogP contribution in [-0.2, 0) is 13.1 Å². The van der Waals surface area contributed by atoms with E-state index in [1.54, 1.807) is 11.3 Å². The second-order valence-corrected chi connectivity index (χ2v) is 5.47. The molecule has 1 aromatic carbocycles. The minimum absolute atomic E-state index is 0.827. The third-order valence-corrected chi connectivity index (χ3v) is 3.55. The lowest BCUT2D eigenvalue weighted by atomic mass is 10.1. The molecule has 1 N–H and O–H groups in total. The Balaban J connectivity index is 1.94. The number of rotatable bonds is 5. The molecular formula is C13H18N4S. The van der Waals surface area contributed by atoms with Gasteiger partial charge in [0.05, 0.1) is 6.54 Å². The van der Waals surface area contributed by atoms with Crippen LogP contribution in [0.25, 0.3) is 0 Å². The van der Waals surface area contributed by atoms with Crippen LogP contribution in [0.15, 0.2) is 24.3 Å². The van der Waals surface area contributed by atoms with Crippen LogP contribution >= 0.6 is 11.3 Å². The third kappa shape index (κ3) is 3.51. The first-order chi connectivity index (χ1) is 8.67. The van der Waals surface area contributed by atoms with Crippen molar-refractivity contribution in [3.63, 3.8) is 0 Å². The van der Waals surface area contributed by atoms with E-state index in [9.17, 15) is 0 Å². The van der Waals surface area contributed by atoms with Crippen molar-refractivity contribution in [2.45, 2.75) is 20.0 Å². The van der Waals surface area contributed by atoms with Crippen molar-refractivity contribution in [1.82, 2.24) is 15.1 Å². The lowest BCUT2D eigenvalue weighted by Gasteiger charge is -2.14. The van der Waals surface area contributed by atoms with Crippen LogP contribution in [0.2, 0.25) is 0 Å². The van der Waals surface area contributed by atoms with E-state index in [2.05, 4.69) is 58.7 Å². The van der Waals surface area contributed by atoms with Crippen LogP contribution in [-0.4, -0.2) is 29.2 Å². The van der Waals surface area contributed by atoms with Crippen LogP contribution in [0.1, 0.15) is 16.1 Å². The van der Waals surface area contributed by atoms with Gasteiger partial charge in [0, 0.05) is 13.6 Å². The molecule has 0 radical (unpaired) electrons. The number of anilines is 1. The quantitative estimate of drug-likeness (QED) is 0.899. The molecule has 5 heteroatoms. The zero-order chi connectivity index (χ0) is 13.0. The van der Waals surface area contributed by atoms with E-state index >= 15 is 0 Å². The highest BCUT2D eigenvalue weighted by atomic mass is 32.1. The summed E-state index contributed by atoms with van der Waals surface area (Å²) in [7, 11) is 3.96. The topological polar surface area (TPSA) is 41.1 Å². The normalized spacial score (nSPS) is 10.9. The Labute approximate surface area is 112 Å². The van der Waals surface area contributed by atoms with E-state index in [1.807, 2.05) is 7.05 Å². The van der Waals surface area contributed by atoms with Gasteiger partial charge < -0.3 is 5.32 Å². The maximum absolute atomic E-state index is 4.15. The van der Waals surface area contributed by atoms with Crippen molar-refractivity contribution < 1.29 is 0 Å². The maximum atomic E-state index is 4.15. The molecule has 0 unspecified atom stereocenters. The van der Waals surface area contributed by atoms with Crippen LogP contribution in [0.5, 0.6) is 0 Å². The highest BCUT2D eigenvalue weighted by Gasteiger charge is 2.06. The number of hydrogen-bond donors (Lipinski definition) is 1. The molecule has 0 saturated carbocycles. The number of nitrogens with one attached hydrogen (secondary N) is 1. The molecule has 96 valence electrons. The fourth-order valence-corrected chi connectivity index (χ4v) is 2.60. The number of aryl methyl sites for hydroxylation is 1. The van der Waals surface area contributed by atoms with Crippen molar-refractivity contribution in [3.8, 4) is 0 Å². The SMILES string of the molecule is CNc1nnc(CN(C)Cc2cccc(C)c2)s1. The van der Waals surface area contributed by atoms with Gasteiger partial charge in [0.25, 0.3) is 0 Å². The molecule has 0 aliphatic carbocycles. The Morgan fingerprint density at radius 2 is 2.11 bits per heavy atom. The maximum Gasteiger partial charge on any atom is 0.205 e. The molecule has 0 bridgehead atoms. The first-order valence-corrected chi connectivity index (χ1v) is 6.73. The molecular weight excluding hydrogens is 244 g/mol. The van der Waals surface area contributed by atoms with Gasteiger partial charge >= 0.3 is 0 Å². The summed E-state index contributed by atoms with van der Waals surface area (Å²) in [5.74, 6) is 0. The van der Waals surface area contributed by atoms with Gasteiger partial charge in [-0.2, -0.15) is 0 Å². The zero-order valence-corrected chi connectivity index (χ0v) is 11.8. The fraction of sp³-hybridized carbons (Fsp3) is 0.385. The molecule has 0 amide bonds. The summed E-state index contributed by atoms with van der Waals surface area (Å²) in [4.78, 5) is 2.24. The summed E-state index contributed by atoms with van der Waals surface area (Å²) >= 11 is 1.60. The Kier molecular flexibility index (Phi) is 4.28. The van der Waals surface area contributed by atoms with Gasteiger partial charge in [-0.05, 0) is 19.5 Å². The van der Waals surface area contributed by atoms with E-state index in [0.29, 0.717) is 0 Å². The molecule has 0 fully saturated rings. The molecule has 1 aromatic heterocycles. The zero-order valence-electron chi connectivity index (χ0n) is 11.0. The highest BCUT2D eigenvalue weighted by molar-refractivity contribution is 7.15. The monoisotopic (exact) mass is 262 g/mol. The summed E-state index contributed by atoms with van der Waals surface area (Å²) in [6.45, 7) is 3.87. The molecule has 2 aromatic rings. The molecule has 0 atom stereocenters. The first-order valence-electron chi connectivity index (χ1n) is 5.91. The molecule has 2 rings (SSSR count). The smallest absolute Gasteiger partial charge is 0.205 e. The number of nitrogens with zero attached hydrogens (tertiary/aromatic N) is 3. The molecule has 18 heavy (non-hydrogen) atoms. The molecule has 4 nitrogen and oxygen atoms in total. The van der Waals surface area contributed by atoms with Crippen LogP contribution < -0.4 is 5.32 Å². The molecule has 0 spiro atoms. The Hall–Kier alpha value is -1.46. The summed E-state index contributed by atoms with van der Waals surface area (Å²) < 4.78 is 0. The Morgan fingerprint density at radius 1 is 1.28 bits per heavy atom. The average Bonchev–Trinajstić information content (AvgIpc) is 2.76. The van der Waals surface area contributed by atoms with E-state index in [4.69, 9.17) is 0 Å². The average molecular weight is 262 g/mol. The van der Waals surface area contributed by atoms with Crippen molar-refractivity contribution >= 4 is 16.5 Å². The molecule has 0 saturated heterocycles. The molecule has 0 aliphatic heterocycles. The summed E-state index contributed by atoms with van der Waals surface area (Å²) in [6.07, 6.45) is 0. The van der Waals surface area contributed by atoms with E-state index in [0.717, 1.165) is 23.2 Å². The van der Waals surface area contributed by atoms with Crippen LogP contribution in [0.3, 0.4) is 0 Å². The van der Waals surface area contributed by atoms with E-state index < -0.39 is 0 Å². The lowest BCUT2D eigenvalue weighted by molar-refractivity contribution is 0.317. The van der Waals surface area contributed by atoms with Gasteiger partial charge in [-0.1, -0.05) is 41.2 Å². The Bertz CT molecular complexity index is 509. The second-order valence-electron chi connectivity index (χ2n) is 4.41. The number of aromatic nitrogens is 2. The fourth-order valence-electron chi connectivity index (χ4n) is 1.83. The van der Waals surface area contributed by atoms with Crippen LogP contribution in [0.4, 0.5) is 5.13 Å². The predicted octanol–water partition coefficient (Wildman–Crippen LogP) is 2.52. The van der Waals surface area contributed by atoms with Crippen molar-refractivity contribution in [2.24, 2.45) is 0 Å². The van der Waals surface area contributed by atoms with Gasteiger partial charge in [0.15, 0.2) is 0 Å². The minimum Gasteiger partial charge on any atom is -0.363 e. The number of hydrogen-bond acceptors (Lipinski definition) is 5. The second kappa shape index (κ2) is 5.93. The van der Waals surface area contributed by atoms with Gasteiger partial charge in [-0.25, -0.2) is 0 Å². The first kappa shape index (κ1) is 13.0.